The van der Waals surface area contributed by atoms with Crippen LogP contribution in [0.15, 0.2) is 10.4 Å². The van der Waals surface area contributed by atoms with E-state index in [1.165, 1.54) is 45.3 Å². The van der Waals surface area contributed by atoms with Gasteiger partial charge in [0.05, 0.1) is 6.54 Å². The van der Waals surface area contributed by atoms with E-state index in [-0.39, 0.29) is 6.54 Å². The zero-order valence-electron chi connectivity index (χ0n) is 15.2. The first-order chi connectivity index (χ1) is 12.5. The van der Waals surface area contributed by atoms with Crippen molar-refractivity contribution in [3.05, 3.63) is 16.1 Å². The minimum atomic E-state index is -4.39. The van der Waals surface area contributed by atoms with E-state index < -0.39 is 11.9 Å². The van der Waals surface area contributed by atoms with Crippen molar-refractivity contribution in [1.29, 1.82) is 0 Å². The standard InChI is InChI=1S/C17H28F3N5S/c1-21-16(23-12-15-24-14(13-26-15)17(18,19)20)22-8-4-2-5-9-25-10-6-3-7-11-25/h13H,2-12H2,1H3,(H2,21,22,23). The molecular weight excluding hydrogens is 363 g/mol. The average Bonchev–Trinajstić information content (AvgIpc) is 3.11. The molecule has 1 aromatic rings. The molecule has 0 radical (unpaired) electrons. The van der Waals surface area contributed by atoms with Gasteiger partial charge in [0, 0.05) is 19.0 Å². The Hall–Kier alpha value is -1.35. The molecule has 0 amide bonds. The number of alkyl halides is 3. The molecule has 0 aromatic carbocycles. The number of piperidine rings is 1. The first kappa shape index (κ1) is 21.0. The fourth-order valence-corrected chi connectivity index (χ4v) is 3.67. The van der Waals surface area contributed by atoms with Gasteiger partial charge in [-0.2, -0.15) is 13.2 Å². The van der Waals surface area contributed by atoms with Crippen LogP contribution in [-0.4, -0.2) is 49.1 Å². The molecule has 9 heteroatoms. The number of guanidine groups is 1. The fraction of sp³-hybridized carbons (Fsp3) is 0.765. The van der Waals surface area contributed by atoms with Crippen LogP contribution in [0.25, 0.3) is 0 Å². The van der Waals surface area contributed by atoms with Gasteiger partial charge in [-0.15, -0.1) is 11.3 Å². The van der Waals surface area contributed by atoms with Crippen LogP contribution in [0.5, 0.6) is 0 Å². The van der Waals surface area contributed by atoms with Gasteiger partial charge < -0.3 is 15.5 Å². The lowest BCUT2D eigenvalue weighted by Gasteiger charge is -2.26. The third-order valence-corrected chi connectivity index (χ3v) is 5.21. The zero-order valence-corrected chi connectivity index (χ0v) is 16.1. The molecule has 0 atom stereocenters. The maximum Gasteiger partial charge on any atom is 0.434 e. The first-order valence-corrected chi connectivity index (χ1v) is 10.1. The lowest BCUT2D eigenvalue weighted by atomic mass is 10.1. The first-order valence-electron chi connectivity index (χ1n) is 9.17. The summed E-state index contributed by atoms with van der Waals surface area (Å²) in [5.41, 5.74) is -0.837. The largest absolute Gasteiger partial charge is 0.434 e. The van der Waals surface area contributed by atoms with Gasteiger partial charge in [0.2, 0.25) is 0 Å². The highest BCUT2D eigenvalue weighted by Gasteiger charge is 2.33. The highest BCUT2D eigenvalue weighted by atomic mass is 32.1. The molecule has 148 valence electrons. The molecule has 2 N–H and O–H groups in total. The van der Waals surface area contributed by atoms with Crippen LogP contribution in [0.2, 0.25) is 0 Å². The number of thiazole rings is 1. The maximum absolute atomic E-state index is 12.5. The molecule has 0 spiro atoms. The van der Waals surface area contributed by atoms with Crippen LogP contribution in [0.4, 0.5) is 13.2 Å². The summed E-state index contributed by atoms with van der Waals surface area (Å²) in [5, 5.41) is 7.63. The van der Waals surface area contributed by atoms with Crippen molar-refractivity contribution in [2.45, 2.75) is 51.2 Å². The number of unbranched alkanes of at least 4 members (excludes halogenated alkanes) is 2. The van der Waals surface area contributed by atoms with Gasteiger partial charge in [-0.05, 0) is 45.3 Å². The second-order valence-corrected chi connectivity index (χ2v) is 7.38. The summed E-state index contributed by atoms with van der Waals surface area (Å²) in [4.78, 5) is 10.2. The van der Waals surface area contributed by atoms with Gasteiger partial charge in [-0.3, -0.25) is 4.99 Å². The lowest BCUT2D eigenvalue weighted by Crippen LogP contribution is -2.37. The van der Waals surface area contributed by atoms with Crippen LogP contribution in [0.3, 0.4) is 0 Å². The van der Waals surface area contributed by atoms with Gasteiger partial charge in [0.25, 0.3) is 0 Å². The molecule has 0 bridgehead atoms. The van der Waals surface area contributed by atoms with Gasteiger partial charge in [0.1, 0.15) is 5.01 Å². The summed E-state index contributed by atoms with van der Waals surface area (Å²) < 4.78 is 37.6. The number of likely N-dealkylation sites (tertiary alicyclic amines) is 1. The van der Waals surface area contributed by atoms with E-state index in [4.69, 9.17) is 0 Å². The van der Waals surface area contributed by atoms with E-state index in [0.29, 0.717) is 11.0 Å². The normalized spacial score (nSPS) is 16.7. The summed E-state index contributed by atoms with van der Waals surface area (Å²) >= 11 is 0.996. The Morgan fingerprint density at radius 3 is 2.62 bits per heavy atom. The van der Waals surface area contributed by atoms with E-state index in [1.54, 1.807) is 7.05 Å². The molecule has 0 aliphatic carbocycles. The Morgan fingerprint density at radius 2 is 1.96 bits per heavy atom. The summed E-state index contributed by atoms with van der Waals surface area (Å²) in [5.74, 6) is 0.588. The maximum atomic E-state index is 12.5. The van der Waals surface area contributed by atoms with E-state index in [0.717, 1.165) is 36.1 Å². The number of hydrogen-bond acceptors (Lipinski definition) is 4. The Morgan fingerprint density at radius 1 is 1.19 bits per heavy atom. The molecule has 1 aliphatic rings. The predicted octanol–water partition coefficient (Wildman–Crippen LogP) is 3.48. The van der Waals surface area contributed by atoms with Crippen molar-refractivity contribution in [3.63, 3.8) is 0 Å². The van der Waals surface area contributed by atoms with Crippen molar-refractivity contribution >= 4 is 17.3 Å². The molecule has 1 fully saturated rings. The molecular formula is C17H28F3N5S. The molecule has 1 aliphatic heterocycles. The third-order valence-electron chi connectivity index (χ3n) is 4.37. The van der Waals surface area contributed by atoms with E-state index in [2.05, 4.69) is 25.5 Å². The zero-order chi connectivity index (χ0) is 18.8. The lowest BCUT2D eigenvalue weighted by molar-refractivity contribution is -0.140. The molecule has 2 rings (SSSR count). The fourth-order valence-electron chi connectivity index (χ4n) is 2.93. The van der Waals surface area contributed by atoms with Crippen LogP contribution >= 0.6 is 11.3 Å². The van der Waals surface area contributed by atoms with Crippen LogP contribution in [0, 0.1) is 0 Å². The number of aliphatic imine (C=N–C) groups is 1. The SMILES string of the molecule is CN=C(NCCCCCN1CCCCC1)NCc1nc(C(F)(F)F)cs1. The molecule has 1 aromatic heterocycles. The number of halogens is 3. The second-order valence-electron chi connectivity index (χ2n) is 6.44. The number of nitrogens with zero attached hydrogens (tertiary/aromatic N) is 3. The monoisotopic (exact) mass is 391 g/mol. The molecule has 2 heterocycles. The minimum Gasteiger partial charge on any atom is -0.356 e. The molecule has 0 saturated carbocycles. The van der Waals surface area contributed by atoms with Gasteiger partial charge in [-0.25, -0.2) is 4.98 Å². The average molecular weight is 392 g/mol. The molecule has 26 heavy (non-hydrogen) atoms. The van der Waals surface area contributed by atoms with Gasteiger partial charge in [0.15, 0.2) is 11.7 Å². The summed E-state index contributed by atoms with van der Waals surface area (Å²) in [7, 11) is 1.65. The van der Waals surface area contributed by atoms with Gasteiger partial charge >= 0.3 is 6.18 Å². The third kappa shape index (κ3) is 7.49. The molecule has 1 saturated heterocycles. The Balaban J connectivity index is 1.57. The topological polar surface area (TPSA) is 52.6 Å². The van der Waals surface area contributed by atoms with Crippen LogP contribution in [-0.2, 0) is 12.7 Å². The van der Waals surface area contributed by atoms with Crippen molar-refractivity contribution in [3.8, 4) is 0 Å². The predicted molar refractivity (Wildman–Crippen MR) is 99.5 cm³/mol. The summed E-state index contributed by atoms with van der Waals surface area (Å²) in [6, 6.07) is 0. The molecule has 5 nitrogen and oxygen atoms in total. The summed E-state index contributed by atoms with van der Waals surface area (Å²) in [6.07, 6.45) is 3.03. The number of aromatic nitrogens is 1. The van der Waals surface area contributed by atoms with Crippen LogP contribution < -0.4 is 10.6 Å². The van der Waals surface area contributed by atoms with Crippen molar-refractivity contribution in [1.82, 2.24) is 20.5 Å². The van der Waals surface area contributed by atoms with Crippen molar-refractivity contribution < 1.29 is 13.2 Å². The quantitative estimate of drug-likeness (QED) is 0.405. The van der Waals surface area contributed by atoms with E-state index in [1.807, 2.05) is 0 Å². The van der Waals surface area contributed by atoms with Crippen molar-refractivity contribution in [2.24, 2.45) is 4.99 Å². The Kier molecular flexibility index (Phi) is 8.64. The van der Waals surface area contributed by atoms with E-state index in [9.17, 15) is 13.2 Å². The second kappa shape index (κ2) is 10.7. The van der Waals surface area contributed by atoms with Gasteiger partial charge in [-0.1, -0.05) is 12.8 Å². The van der Waals surface area contributed by atoms with Crippen molar-refractivity contribution in [2.75, 3.05) is 33.2 Å². The Bertz CT molecular complexity index is 553. The number of nitrogens with one attached hydrogen (secondary N) is 2. The Labute approximate surface area is 157 Å². The smallest absolute Gasteiger partial charge is 0.356 e. The van der Waals surface area contributed by atoms with E-state index >= 15 is 0 Å². The number of hydrogen-bond donors (Lipinski definition) is 2. The number of rotatable bonds is 8. The molecule has 0 unspecified atom stereocenters. The van der Waals surface area contributed by atoms with Crippen LogP contribution in [0.1, 0.15) is 49.2 Å². The highest BCUT2D eigenvalue weighted by molar-refractivity contribution is 7.09. The highest BCUT2D eigenvalue weighted by Crippen LogP contribution is 2.29. The minimum absolute atomic E-state index is 0.232. The summed E-state index contributed by atoms with van der Waals surface area (Å²) in [6.45, 7) is 4.68.